The molecule has 0 radical (unpaired) electrons. The molecule has 286 valence electrons. The fourth-order valence-corrected chi connectivity index (χ4v) is 6.09. The number of aromatic amines is 1. The number of aliphatic carboxylic acids is 1. The number of benzene rings is 4. The molecule has 5 amide bonds. The molecular formula is C41H44N6O8. The third-order valence-corrected chi connectivity index (χ3v) is 8.71. The molecule has 0 aliphatic carbocycles. The number of fused-ring (bicyclic) bond motifs is 2. The average Bonchev–Trinajstić information content (AvgIpc) is 3.53. The summed E-state index contributed by atoms with van der Waals surface area (Å²) in [5, 5.41) is 17.3. The fraction of sp³-hybridized carbons (Fsp3) is 0.268. The number of carbonyl (C=O) groups is 6. The van der Waals surface area contributed by atoms with Crippen molar-refractivity contribution >= 4 is 63.1 Å². The largest absolute Gasteiger partial charge is 0.481 e. The number of carbonyl (C=O) groups excluding carboxylic acids is 5. The molecule has 5 aromatic rings. The van der Waals surface area contributed by atoms with Gasteiger partial charge in [0, 0.05) is 29.2 Å². The highest BCUT2D eigenvalue weighted by Crippen LogP contribution is 2.22. The van der Waals surface area contributed by atoms with Crippen molar-refractivity contribution in [3.63, 3.8) is 0 Å². The lowest BCUT2D eigenvalue weighted by Crippen LogP contribution is -2.60. The van der Waals surface area contributed by atoms with E-state index in [1.54, 1.807) is 45.2 Å². The molecule has 0 unspecified atom stereocenters. The first-order valence-corrected chi connectivity index (χ1v) is 17.6. The van der Waals surface area contributed by atoms with Gasteiger partial charge in [0.2, 0.25) is 11.8 Å². The van der Waals surface area contributed by atoms with Gasteiger partial charge in [-0.15, -0.1) is 0 Å². The predicted molar refractivity (Wildman–Crippen MR) is 206 cm³/mol. The normalized spacial score (nSPS) is 13.0. The quantitative estimate of drug-likeness (QED) is 0.0949. The number of hydrogen-bond donors (Lipinski definition) is 6. The topological polar surface area (TPSA) is 227 Å². The Morgan fingerprint density at radius 3 is 2.13 bits per heavy atom. The van der Waals surface area contributed by atoms with Gasteiger partial charge in [-0.2, -0.15) is 0 Å². The third kappa shape index (κ3) is 10.5. The standard InChI is InChI=1S/C41H44N6O8/c1-41(2,3)55-40(54)46-33(21-28-23-44-32-11-7-6-10-30(28)32)38(52)47(35(48)20-24-13-16-29(42)17-14-24)39(53)34(22-36(49)50)45-37(51)31(43)19-25-12-15-26-8-4-5-9-27(26)18-25/h4-18,23,31,33-34,44H,19-22,42-43H2,1-3H3,(H,45,51)(H,46,54)(H,49,50)/t31-,33-,34-/m0/s1. The minimum absolute atomic E-state index is 0.0376. The highest BCUT2D eigenvalue weighted by Gasteiger charge is 2.40. The number of amides is 5. The maximum Gasteiger partial charge on any atom is 0.408 e. The van der Waals surface area contributed by atoms with Crippen LogP contribution < -0.4 is 22.1 Å². The predicted octanol–water partition coefficient (Wildman–Crippen LogP) is 3.99. The summed E-state index contributed by atoms with van der Waals surface area (Å²) in [6.45, 7) is 4.87. The molecule has 0 fully saturated rings. The van der Waals surface area contributed by atoms with E-state index in [-0.39, 0.29) is 17.7 Å². The SMILES string of the molecule is CC(C)(C)OC(=O)N[C@@H](Cc1c[nH]c2ccccc12)C(=O)N(C(=O)Cc1ccc(N)cc1)C(=O)[C@H](CC(=O)O)NC(=O)[C@@H](N)Cc1ccc2ccccc2c1. The number of para-hydroxylation sites is 1. The molecule has 8 N–H and O–H groups in total. The minimum Gasteiger partial charge on any atom is -0.481 e. The van der Waals surface area contributed by atoms with Crippen molar-refractivity contribution in [1.82, 2.24) is 20.5 Å². The summed E-state index contributed by atoms with van der Waals surface area (Å²) >= 11 is 0. The first-order valence-electron chi connectivity index (χ1n) is 17.6. The van der Waals surface area contributed by atoms with Gasteiger partial charge in [0.05, 0.1) is 18.9 Å². The van der Waals surface area contributed by atoms with Crippen molar-refractivity contribution < 1.29 is 38.6 Å². The van der Waals surface area contributed by atoms with Crippen LogP contribution in [0.15, 0.2) is 97.2 Å². The Labute approximate surface area is 317 Å². The number of alkyl carbamates (subject to hydrolysis) is 1. The molecule has 0 aliphatic heterocycles. The van der Waals surface area contributed by atoms with Gasteiger partial charge in [-0.3, -0.25) is 24.0 Å². The van der Waals surface area contributed by atoms with Gasteiger partial charge in [-0.05, 0) is 72.9 Å². The number of aromatic nitrogens is 1. The maximum atomic E-state index is 14.6. The van der Waals surface area contributed by atoms with E-state index >= 15 is 0 Å². The van der Waals surface area contributed by atoms with Gasteiger partial charge < -0.3 is 36.9 Å². The smallest absolute Gasteiger partial charge is 0.408 e. The average molecular weight is 749 g/mol. The number of carboxylic acids is 1. The van der Waals surface area contributed by atoms with Crippen molar-refractivity contribution in [2.45, 2.75) is 70.2 Å². The summed E-state index contributed by atoms with van der Waals surface area (Å²) in [7, 11) is 0. The van der Waals surface area contributed by atoms with Gasteiger partial charge in [-0.25, -0.2) is 9.69 Å². The molecule has 0 spiro atoms. The number of anilines is 1. The zero-order valence-corrected chi connectivity index (χ0v) is 30.7. The molecule has 0 aliphatic rings. The van der Waals surface area contributed by atoms with Crippen LogP contribution in [-0.4, -0.2) is 74.4 Å². The Balaban J connectivity index is 1.48. The van der Waals surface area contributed by atoms with Crippen LogP contribution in [-0.2, 0) is 48.0 Å². The number of H-pyrrole nitrogens is 1. The van der Waals surface area contributed by atoms with Crippen molar-refractivity contribution in [3.8, 4) is 0 Å². The van der Waals surface area contributed by atoms with E-state index in [0.29, 0.717) is 27.8 Å². The molecule has 4 aromatic carbocycles. The first-order chi connectivity index (χ1) is 26.1. The van der Waals surface area contributed by atoms with Crippen LogP contribution in [0.4, 0.5) is 10.5 Å². The van der Waals surface area contributed by atoms with E-state index in [2.05, 4.69) is 15.6 Å². The van der Waals surface area contributed by atoms with Crippen molar-refractivity contribution in [2.24, 2.45) is 5.73 Å². The van der Waals surface area contributed by atoms with Crippen LogP contribution in [0.2, 0.25) is 0 Å². The summed E-state index contributed by atoms with van der Waals surface area (Å²) in [5.41, 5.74) is 13.9. The summed E-state index contributed by atoms with van der Waals surface area (Å²) in [4.78, 5) is 85.2. The zero-order valence-electron chi connectivity index (χ0n) is 30.7. The summed E-state index contributed by atoms with van der Waals surface area (Å²) in [6, 6.07) is 21.8. The summed E-state index contributed by atoms with van der Waals surface area (Å²) < 4.78 is 5.43. The Bertz CT molecular complexity index is 2230. The second kappa shape index (κ2) is 17.1. The monoisotopic (exact) mass is 748 g/mol. The van der Waals surface area contributed by atoms with Crippen LogP contribution in [0.1, 0.15) is 43.9 Å². The number of ether oxygens (including phenoxy) is 1. The van der Waals surface area contributed by atoms with Crippen LogP contribution in [0.3, 0.4) is 0 Å². The molecule has 5 rings (SSSR count). The molecule has 14 nitrogen and oxygen atoms in total. The van der Waals surface area contributed by atoms with Crippen LogP contribution in [0.25, 0.3) is 21.7 Å². The Morgan fingerprint density at radius 2 is 1.44 bits per heavy atom. The van der Waals surface area contributed by atoms with Crippen molar-refractivity contribution in [2.75, 3.05) is 5.73 Å². The summed E-state index contributed by atoms with van der Waals surface area (Å²) in [5.74, 6) is -5.92. The number of nitrogens with one attached hydrogen (secondary N) is 3. The van der Waals surface area contributed by atoms with Gasteiger partial charge in [-0.1, -0.05) is 72.8 Å². The van der Waals surface area contributed by atoms with Crippen molar-refractivity contribution in [1.29, 1.82) is 0 Å². The van der Waals surface area contributed by atoms with Gasteiger partial charge in [0.15, 0.2) is 0 Å². The van der Waals surface area contributed by atoms with Crippen LogP contribution in [0, 0.1) is 0 Å². The molecule has 14 heteroatoms. The lowest BCUT2D eigenvalue weighted by molar-refractivity contribution is -0.158. The first kappa shape index (κ1) is 39.7. The van der Waals surface area contributed by atoms with Crippen molar-refractivity contribution in [3.05, 3.63) is 114 Å². The Hall–Kier alpha value is -6.54. The molecule has 0 bridgehead atoms. The number of rotatable bonds is 13. The Morgan fingerprint density at radius 1 is 0.800 bits per heavy atom. The number of carboxylic acid groups (broad SMARTS) is 1. The number of imide groups is 3. The molecule has 0 saturated carbocycles. The van der Waals surface area contributed by atoms with Gasteiger partial charge in [0.1, 0.15) is 17.7 Å². The second-order valence-corrected chi connectivity index (χ2v) is 14.2. The Kier molecular flexibility index (Phi) is 12.3. The van der Waals surface area contributed by atoms with Gasteiger partial charge in [0.25, 0.3) is 11.8 Å². The molecular weight excluding hydrogens is 704 g/mol. The molecule has 1 aromatic heterocycles. The number of nitrogens with zero attached hydrogens (tertiary/aromatic N) is 1. The van der Waals surface area contributed by atoms with E-state index < -0.39 is 72.3 Å². The molecule has 55 heavy (non-hydrogen) atoms. The summed E-state index contributed by atoms with van der Waals surface area (Å²) in [6.07, 6.45) is -1.00. The van der Waals surface area contributed by atoms with E-state index in [4.69, 9.17) is 16.2 Å². The highest BCUT2D eigenvalue weighted by atomic mass is 16.6. The minimum atomic E-state index is -1.90. The van der Waals surface area contributed by atoms with Gasteiger partial charge >= 0.3 is 12.1 Å². The van der Waals surface area contributed by atoms with Crippen LogP contribution in [0.5, 0.6) is 0 Å². The molecule has 0 saturated heterocycles. The second-order valence-electron chi connectivity index (χ2n) is 14.2. The fourth-order valence-electron chi connectivity index (χ4n) is 6.09. The zero-order chi connectivity index (χ0) is 39.9. The van der Waals surface area contributed by atoms with Crippen LogP contribution >= 0.6 is 0 Å². The maximum absolute atomic E-state index is 14.6. The number of nitrogens with two attached hydrogens (primary N) is 2. The molecule has 1 heterocycles. The van der Waals surface area contributed by atoms with E-state index in [1.807, 2.05) is 48.5 Å². The third-order valence-electron chi connectivity index (χ3n) is 8.71. The highest BCUT2D eigenvalue weighted by molar-refractivity contribution is 6.15. The lowest BCUT2D eigenvalue weighted by Gasteiger charge is -2.29. The number of nitrogen functional groups attached to an aromatic ring is 1. The lowest BCUT2D eigenvalue weighted by atomic mass is 10.0. The molecule has 3 atom stereocenters. The van der Waals surface area contributed by atoms with E-state index in [1.165, 1.54) is 24.3 Å². The number of hydrogen-bond acceptors (Lipinski definition) is 9. The van der Waals surface area contributed by atoms with E-state index in [9.17, 15) is 33.9 Å². The van der Waals surface area contributed by atoms with E-state index in [0.717, 1.165) is 16.3 Å².